The van der Waals surface area contributed by atoms with Crippen LogP contribution in [0.3, 0.4) is 0 Å². The van der Waals surface area contributed by atoms with Crippen molar-refractivity contribution in [1.82, 2.24) is 4.98 Å². The van der Waals surface area contributed by atoms with Gasteiger partial charge in [-0.3, -0.25) is 4.79 Å². The number of methoxy groups -OCH3 is 1. The highest BCUT2D eigenvalue weighted by Crippen LogP contribution is 2.43. The summed E-state index contributed by atoms with van der Waals surface area (Å²) in [4.78, 5) is 17.2. The molecule has 2 heterocycles. The van der Waals surface area contributed by atoms with Crippen molar-refractivity contribution in [3.05, 3.63) is 28.6 Å². The molecule has 1 amide bonds. The molecule has 2 aromatic rings. The minimum absolute atomic E-state index is 0.0625. The van der Waals surface area contributed by atoms with Crippen LogP contribution in [-0.2, 0) is 4.79 Å². The molecule has 0 saturated heterocycles. The molecule has 1 atom stereocenters. The van der Waals surface area contributed by atoms with Gasteiger partial charge in [0.25, 0.3) is 0 Å². The van der Waals surface area contributed by atoms with Crippen LogP contribution in [0.4, 0.5) is 10.9 Å². The van der Waals surface area contributed by atoms with E-state index >= 15 is 0 Å². The number of benzene rings is 1. The molecule has 110 valence electrons. The van der Waals surface area contributed by atoms with Crippen LogP contribution in [0.5, 0.6) is 11.5 Å². The average Bonchev–Trinajstić information content (AvgIpc) is 2.89. The number of aromatic nitrogens is 1. The molecule has 0 aliphatic carbocycles. The lowest BCUT2D eigenvalue weighted by molar-refractivity contribution is -0.116. The van der Waals surface area contributed by atoms with E-state index in [0.29, 0.717) is 18.0 Å². The second-order valence-corrected chi connectivity index (χ2v) is 5.75. The molecule has 0 fully saturated rings. The fourth-order valence-electron chi connectivity index (χ4n) is 2.41. The van der Waals surface area contributed by atoms with Crippen molar-refractivity contribution in [3.8, 4) is 11.5 Å². The number of carbonyl (C=O) groups excluding carboxylic acids is 1. The first kappa shape index (κ1) is 13.7. The number of phenolic OH excluding ortho intramolecular Hbond substituents is 1. The number of fused-ring (bicyclic) bond motifs is 1. The number of aromatic hydroxyl groups is 1. The smallest absolute Gasteiger partial charge is 0.226 e. The van der Waals surface area contributed by atoms with E-state index in [2.05, 4.69) is 15.6 Å². The predicted octanol–water partition coefficient (Wildman–Crippen LogP) is 2.37. The molecule has 0 radical (unpaired) electrons. The van der Waals surface area contributed by atoms with Crippen molar-refractivity contribution in [2.75, 3.05) is 24.8 Å². The van der Waals surface area contributed by atoms with Gasteiger partial charge in [-0.05, 0) is 17.7 Å². The first-order valence-electron chi connectivity index (χ1n) is 6.47. The Balaban J connectivity index is 2.06. The lowest BCUT2D eigenvalue weighted by Gasteiger charge is -2.22. The van der Waals surface area contributed by atoms with Crippen LogP contribution in [0.1, 0.15) is 22.8 Å². The monoisotopic (exact) mass is 305 g/mol. The van der Waals surface area contributed by atoms with E-state index in [4.69, 9.17) is 4.74 Å². The predicted molar refractivity (Wildman–Crippen MR) is 81.4 cm³/mol. The van der Waals surface area contributed by atoms with Crippen LogP contribution in [0.15, 0.2) is 18.2 Å². The third kappa shape index (κ3) is 2.40. The molecule has 0 bridgehead atoms. The zero-order valence-electron chi connectivity index (χ0n) is 11.6. The van der Waals surface area contributed by atoms with Crippen LogP contribution in [-0.4, -0.2) is 30.2 Å². The zero-order chi connectivity index (χ0) is 15.0. The first-order valence-corrected chi connectivity index (χ1v) is 7.29. The Morgan fingerprint density at radius 2 is 2.33 bits per heavy atom. The van der Waals surface area contributed by atoms with E-state index in [-0.39, 0.29) is 17.6 Å². The maximum absolute atomic E-state index is 11.9. The molecule has 21 heavy (non-hydrogen) atoms. The van der Waals surface area contributed by atoms with Gasteiger partial charge in [0.05, 0.1) is 12.0 Å². The normalized spacial score (nSPS) is 17.0. The fraction of sp³-hybridized carbons (Fsp3) is 0.286. The van der Waals surface area contributed by atoms with E-state index in [1.165, 1.54) is 18.4 Å². The van der Waals surface area contributed by atoms with Gasteiger partial charge in [0.1, 0.15) is 5.82 Å². The van der Waals surface area contributed by atoms with Gasteiger partial charge in [0.2, 0.25) is 5.91 Å². The summed E-state index contributed by atoms with van der Waals surface area (Å²) in [6.45, 7) is 0. The number of anilines is 2. The largest absolute Gasteiger partial charge is 0.504 e. The van der Waals surface area contributed by atoms with Crippen LogP contribution in [0.2, 0.25) is 0 Å². The number of rotatable bonds is 3. The van der Waals surface area contributed by atoms with E-state index in [1.807, 2.05) is 6.07 Å². The van der Waals surface area contributed by atoms with Gasteiger partial charge in [-0.25, -0.2) is 4.98 Å². The average molecular weight is 305 g/mol. The number of hydrogen-bond donors (Lipinski definition) is 3. The molecule has 1 unspecified atom stereocenters. The topological polar surface area (TPSA) is 83.5 Å². The van der Waals surface area contributed by atoms with E-state index in [1.54, 1.807) is 19.2 Å². The third-order valence-electron chi connectivity index (χ3n) is 3.44. The fourth-order valence-corrected chi connectivity index (χ4v) is 3.41. The minimum Gasteiger partial charge on any atom is -0.504 e. The molecule has 6 nitrogen and oxygen atoms in total. The molecule has 3 N–H and O–H groups in total. The highest BCUT2D eigenvalue weighted by Gasteiger charge is 2.30. The van der Waals surface area contributed by atoms with Crippen LogP contribution in [0, 0.1) is 0 Å². The Morgan fingerprint density at radius 3 is 3.05 bits per heavy atom. The first-order chi connectivity index (χ1) is 10.1. The van der Waals surface area contributed by atoms with Crippen molar-refractivity contribution >= 4 is 28.2 Å². The van der Waals surface area contributed by atoms with E-state index in [0.717, 1.165) is 15.6 Å². The van der Waals surface area contributed by atoms with Gasteiger partial charge in [0.15, 0.2) is 16.6 Å². The number of thiazole rings is 1. The minimum atomic E-state index is -0.0807. The van der Waals surface area contributed by atoms with Gasteiger partial charge in [0, 0.05) is 19.4 Å². The number of amides is 1. The van der Waals surface area contributed by atoms with E-state index < -0.39 is 0 Å². The summed E-state index contributed by atoms with van der Waals surface area (Å²) < 4.78 is 5.14. The standard InChI is InChI=1S/C14H15N3O3S/c1-15-14-17-13-12(21-14)8(6-11(19)16-13)7-3-4-9(18)10(5-7)20-2/h3-5,8,18H,6H2,1-2H3,(H,15,17)(H,16,19). The van der Waals surface area contributed by atoms with Gasteiger partial charge in [-0.1, -0.05) is 17.4 Å². The van der Waals surface area contributed by atoms with E-state index in [9.17, 15) is 9.90 Å². The zero-order valence-corrected chi connectivity index (χ0v) is 12.5. The molecule has 0 saturated carbocycles. The number of ether oxygens (including phenoxy) is 1. The van der Waals surface area contributed by atoms with Gasteiger partial charge >= 0.3 is 0 Å². The summed E-state index contributed by atoms with van der Waals surface area (Å²) in [6.07, 6.45) is 0.353. The summed E-state index contributed by atoms with van der Waals surface area (Å²) in [5, 5.41) is 16.2. The van der Waals surface area contributed by atoms with Crippen LogP contribution in [0.25, 0.3) is 0 Å². The van der Waals surface area contributed by atoms with Gasteiger partial charge in [-0.2, -0.15) is 0 Å². The lowest BCUT2D eigenvalue weighted by Crippen LogP contribution is -2.22. The van der Waals surface area contributed by atoms with Crippen molar-refractivity contribution in [2.24, 2.45) is 0 Å². The molecule has 1 aliphatic rings. The molecule has 0 spiro atoms. The molecular formula is C14H15N3O3S. The Morgan fingerprint density at radius 1 is 1.52 bits per heavy atom. The quantitative estimate of drug-likeness (QED) is 0.811. The van der Waals surface area contributed by atoms with Crippen LogP contribution < -0.4 is 15.4 Å². The maximum Gasteiger partial charge on any atom is 0.226 e. The SMILES string of the molecule is CNc1nc2c(s1)C(c1ccc(O)c(OC)c1)CC(=O)N2. The summed E-state index contributed by atoms with van der Waals surface area (Å²) in [5.74, 6) is 0.952. The molecule has 1 aromatic carbocycles. The molecule has 1 aromatic heterocycles. The summed E-state index contributed by atoms with van der Waals surface area (Å²) in [7, 11) is 3.30. The third-order valence-corrected chi connectivity index (χ3v) is 4.62. The maximum atomic E-state index is 11.9. The Bertz CT molecular complexity index is 699. The molecule has 1 aliphatic heterocycles. The molecular weight excluding hydrogens is 290 g/mol. The Labute approximate surface area is 125 Å². The highest BCUT2D eigenvalue weighted by molar-refractivity contribution is 7.16. The highest BCUT2D eigenvalue weighted by atomic mass is 32.1. The lowest BCUT2D eigenvalue weighted by atomic mass is 9.91. The number of hydrogen-bond acceptors (Lipinski definition) is 6. The second kappa shape index (κ2) is 5.25. The second-order valence-electron chi connectivity index (χ2n) is 4.72. The number of nitrogens with zero attached hydrogens (tertiary/aromatic N) is 1. The molecule has 3 rings (SSSR count). The number of nitrogens with one attached hydrogen (secondary N) is 2. The summed E-state index contributed by atoms with van der Waals surface area (Å²) in [6, 6.07) is 5.16. The molecule has 7 heteroatoms. The van der Waals surface area contributed by atoms with Gasteiger partial charge < -0.3 is 20.5 Å². The summed E-state index contributed by atoms with van der Waals surface area (Å²) >= 11 is 1.52. The van der Waals surface area contributed by atoms with Crippen molar-refractivity contribution < 1.29 is 14.6 Å². The number of carbonyl (C=O) groups is 1. The van der Waals surface area contributed by atoms with Crippen molar-refractivity contribution in [3.63, 3.8) is 0 Å². The summed E-state index contributed by atoms with van der Waals surface area (Å²) in [5.41, 5.74) is 0.923. The Hall–Kier alpha value is -2.28. The van der Waals surface area contributed by atoms with Crippen LogP contribution >= 0.6 is 11.3 Å². The Kier molecular flexibility index (Phi) is 3.42. The number of phenols is 1. The van der Waals surface area contributed by atoms with Gasteiger partial charge in [-0.15, -0.1) is 0 Å². The van der Waals surface area contributed by atoms with Crippen molar-refractivity contribution in [1.29, 1.82) is 0 Å². The van der Waals surface area contributed by atoms with Crippen molar-refractivity contribution in [2.45, 2.75) is 12.3 Å².